The van der Waals surface area contributed by atoms with E-state index >= 15 is 0 Å². The zero-order valence-corrected chi connectivity index (χ0v) is 8.91. The molecule has 0 aliphatic rings. The summed E-state index contributed by atoms with van der Waals surface area (Å²) in [5.41, 5.74) is 3.11. The van der Waals surface area contributed by atoms with E-state index in [1.54, 1.807) is 6.07 Å². The minimum absolute atomic E-state index is 0.358. The van der Waals surface area contributed by atoms with E-state index in [9.17, 15) is 9.18 Å². The fourth-order valence-corrected chi connectivity index (χ4v) is 1.67. The zero-order valence-electron chi connectivity index (χ0n) is 8.91. The average molecular weight is 214 g/mol. The second kappa shape index (κ2) is 4.27. The normalized spacial score (nSPS) is 10.1. The van der Waals surface area contributed by atoms with Crippen LogP contribution in [0.3, 0.4) is 0 Å². The lowest BCUT2D eigenvalue weighted by Crippen LogP contribution is -1.86. The monoisotopic (exact) mass is 214 g/mol. The molecule has 0 fully saturated rings. The standard InChI is InChI=1S/C14H11FO/c1-10-3-2-4-12(5-10)13-6-11(9-16)7-14(15)8-13/h2-9H,1H3. The Morgan fingerprint density at radius 1 is 1.06 bits per heavy atom. The van der Waals surface area contributed by atoms with Crippen molar-refractivity contribution in [2.75, 3.05) is 0 Å². The van der Waals surface area contributed by atoms with E-state index in [0.717, 1.165) is 16.7 Å². The molecule has 0 aliphatic carbocycles. The van der Waals surface area contributed by atoms with Crippen molar-refractivity contribution < 1.29 is 9.18 Å². The van der Waals surface area contributed by atoms with Gasteiger partial charge < -0.3 is 0 Å². The third-order valence-electron chi connectivity index (χ3n) is 2.41. The van der Waals surface area contributed by atoms with Crippen molar-refractivity contribution in [3.8, 4) is 11.1 Å². The predicted octanol–water partition coefficient (Wildman–Crippen LogP) is 3.61. The molecule has 0 radical (unpaired) electrons. The van der Waals surface area contributed by atoms with E-state index < -0.39 is 0 Å². The van der Waals surface area contributed by atoms with Crippen molar-refractivity contribution in [3.05, 3.63) is 59.4 Å². The van der Waals surface area contributed by atoms with Crippen LogP contribution in [0.25, 0.3) is 11.1 Å². The Morgan fingerprint density at radius 2 is 1.88 bits per heavy atom. The van der Waals surface area contributed by atoms with Crippen LogP contribution in [0.4, 0.5) is 4.39 Å². The van der Waals surface area contributed by atoms with Crippen LogP contribution in [0.5, 0.6) is 0 Å². The molecule has 0 spiro atoms. The molecule has 2 heteroatoms. The highest BCUT2D eigenvalue weighted by molar-refractivity contribution is 5.79. The maximum Gasteiger partial charge on any atom is 0.150 e. The summed E-state index contributed by atoms with van der Waals surface area (Å²) in [5.74, 6) is -0.388. The molecule has 0 bridgehead atoms. The van der Waals surface area contributed by atoms with E-state index in [0.29, 0.717) is 11.8 Å². The van der Waals surface area contributed by atoms with Gasteiger partial charge in [0.1, 0.15) is 12.1 Å². The molecule has 0 saturated carbocycles. The van der Waals surface area contributed by atoms with Crippen molar-refractivity contribution in [3.63, 3.8) is 0 Å². The molecule has 2 rings (SSSR count). The van der Waals surface area contributed by atoms with Crippen LogP contribution in [0.1, 0.15) is 15.9 Å². The van der Waals surface area contributed by atoms with Gasteiger partial charge in [-0.05, 0) is 36.2 Å². The molecule has 0 N–H and O–H groups in total. The Kier molecular flexibility index (Phi) is 2.82. The Morgan fingerprint density at radius 3 is 2.56 bits per heavy atom. The van der Waals surface area contributed by atoms with Gasteiger partial charge in [0.05, 0.1) is 0 Å². The molecule has 2 aromatic rings. The fourth-order valence-electron chi connectivity index (χ4n) is 1.67. The summed E-state index contributed by atoms with van der Waals surface area (Å²) in [6.07, 6.45) is 0.655. The molecule has 0 amide bonds. The third kappa shape index (κ3) is 2.16. The number of carbonyl (C=O) groups excluding carboxylic acids is 1. The molecule has 0 saturated heterocycles. The first-order valence-electron chi connectivity index (χ1n) is 5.02. The van der Waals surface area contributed by atoms with Gasteiger partial charge in [0.2, 0.25) is 0 Å². The first-order chi connectivity index (χ1) is 7.69. The molecule has 0 atom stereocenters. The number of aldehydes is 1. The molecule has 2 aromatic carbocycles. The highest BCUT2D eigenvalue weighted by atomic mass is 19.1. The van der Waals surface area contributed by atoms with Crippen molar-refractivity contribution in [1.29, 1.82) is 0 Å². The lowest BCUT2D eigenvalue weighted by atomic mass is 10.0. The number of hydrogen-bond acceptors (Lipinski definition) is 1. The summed E-state index contributed by atoms with van der Waals surface area (Å²) in [4.78, 5) is 10.6. The quantitative estimate of drug-likeness (QED) is 0.698. The topological polar surface area (TPSA) is 17.1 Å². The van der Waals surface area contributed by atoms with Crippen LogP contribution >= 0.6 is 0 Å². The predicted molar refractivity (Wildman–Crippen MR) is 62.0 cm³/mol. The van der Waals surface area contributed by atoms with Gasteiger partial charge in [0, 0.05) is 5.56 Å². The summed E-state index contributed by atoms with van der Waals surface area (Å²) < 4.78 is 13.2. The maximum atomic E-state index is 13.2. The SMILES string of the molecule is Cc1cccc(-c2cc(F)cc(C=O)c2)c1. The van der Waals surface area contributed by atoms with Crippen LogP contribution in [0.2, 0.25) is 0 Å². The van der Waals surface area contributed by atoms with Crippen molar-refractivity contribution >= 4 is 6.29 Å². The highest BCUT2D eigenvalue weighted by Crippen LogP contribution is 2.22. The molecule has 0 unspecified atom stereocenters. The van der Waals surface area contributed by atoms with E-state index in [-0.39, 0.29) is 5.82 Å². The maximum absolute atomic E-state index is 13.2. The van der Waals surface area contributed by atoms with Gasteiger partial charge in [-0.1, -0.05) is 29.8 Å². The summed E-state index contributed by atoms with van der Waals surface area (Å²) >= 11 is 0. The van der Waals surface area contributed by atoms with Crippen molar-refractivity contribution in [1.82, 2.24) is 0 Å². The molecule has 80 valence electrons. The fraction of sp³-hybridized carbons (Fsp3) is 0.0714. The second-order valence-electron chi connectivity index (χ2n) is 3.76. The summed E-state index contributed by atoms with van der Waals surface area (Å²) in [6.45, 7) is 1.98. The Labute approximate surface area is 93.5 Å². The van der Waals surface area contributed by atoms with E-state index in [1.807, 2.05) is 31.2 Å². The molecule has 1 nitrogen and oxygen atoms in total. The smallest absolute Gasteiger partial charge is 0.150 e. The van der Waals surface area contributed by atoms with Gasteiger partial charge >= 0.3 is 0 Å². The molecular weight excluding hydrogens is 203 g/mol. The van der Waals surface area contributed by atoms with Gasteiger partial charge in [-0.2, -0.15) is 0 Å². The highest BCUT2D eigenvalue weighted by Gasteiger charge is 2.02. The largest absolute Gasteiger partial charge is 0.298 e. The minimum atomic E-state index is -0.388. The first kappa shape index (κ1) is 10.6. The number of halogens is 1. The second-order valence-corrected chi connectivity index (χ2v) is 3.76. The van der Waals surface area contributed by atoms with Crippen LogP contribution in [-0.2, 0) is 0 Å². The summed E-state index contributed by atoms with van der Waals surface area (Å²) in [7, 11) is 0. The summed E-state index contributed by atoms with van der Waals surface area (Å²) in [5, 5.41) is 0. The zero-order chi connectivity index (χ0) is 11.5. The van der Waals surface area contributed by atoms with Crippen LogP contribution in [0.15, 0.2) is 42.5 Å². The Bertz CT molecular complexity index is 532. The first-order valence-corrected chi connectivity index (χ1v) is 5.02. The molecule has 16 heavy (non-hydrogen) atoms. The number of hydrogen-bond donors (Lipinski definition) is 0. The molecular formula is C14H11FO. The van der Waals surface area contributed by atoms with Crippen molar-refractivity contribution in [2.24, 2.45) is 0 Å². The third-order valence-corrected chi connectivity index (χ3v) is 2.41. The average Bonchev–Trinajstić information content (AvgIpc) is 2.28. The van der Waals surface area contributed by atoms with E-state index in [1.165, 1.54) is 12.1 Å². The number of benzene rings is 2. The van der Waals surface area contributed by atoms with Crippen molar-refractivity contribution in [2.45, 2.75) is 6.92 Å². The van der Waals surface area contributed by atoms with Crippen LogP contribution in [0, 0.1) is 12.7 Å². The summed E-state index contributed by atoms with van der Waals surface area (Å²) in [6, 6.07) is 12.1. The van der Waals surface area contributed by atoms with Gasteiger partial charge in [-0.25, -0.2) is 4.39 Å². The van der Waals surface area contributed by atoms with E-state index in [2.05, 4.69) is 0 Å². The number of carbonyl (C=O) groups is 1. The van der Waals surface area contributed by atoms with Gasteiger partial charge in [-0.15, -0.1) is 0 Å². The van der Waals surface area contributed by atoms with E-state index in [4.69, 9.17) is 0 Å². The minimum Gasteiger partial charge on any atom is -0.298 e. The Balaban J connectivity index is 2.55. The lowest BCUT2D eigenvalue weighted by Gasteiger charge is -2.04. The van der Waals surface area contributed by atoms with Gasteiger partial charge in [-0.3, -0.25) is 4.79 Å². The molecule has 0 heterocycles. The lowest BCUT2D eigenvalue weighted by molar-refractivity contribution is 0.112. The number of rotatable bonds is 2. The van der Waals surface area contributed by atoms with Crippen LogP contribution < -0.4 is 0 Å². The van der Waals surface area contributed by atoms with Gasteiger partial charge in [0.25, 0.3) is 0 Å². The van der Waals surface area contributed by atoms with Crippen LogP contribution in [-0.4, -0.2) is 6.29 Å². The number of aryl methyl sites for hydroxylation is 1. The van der Waals surface area contributed by atoms with Gasteiger partial charge in [0.15, 0.2) is 0 Å². The Hall–Kier alpha value is -1.96. The molecule has 0 aliphatic heterocycles. The molecule has 0 aromatic heterocycles.